The summed E-state index contributed by atoms with van der Waals surface area (Å²) in [4.78, 5) is 22.1. The van der Waals surface area contributed by atoms with Gasteiger partial charge in [0.1, 0.15) is 24.5 Å². The van der Waals surface area contributed by atoms with Gasteiger partial charge < -0.3 is 24.1 Å². The number of hydrogen-bond donors (Lipinski definition) is 1. The van der Waals surface area contributed by atoms with Crippen LogP contribution in [0.3, 0.4) is 0 Å². The monoisotopic (exact) mass is 355 g/mol. The molecule has 1 aliphatic rings. The third-order valence-electron chi connectivity index (χ3n) is 3.24. The lowest BCUT2D eigenvalue weighted by molar-refractivity contribution is -0.197. The van der Waals surface area contributed by atoms with Crippen molar-refractivity contribution in [3.05, 3.63) is 24.0 Å². The van der Waals surface area contributed by atoms with E-state index < -0.39 is 30.4 Å². The molecule has 1 aliphatic heterocycles. The molecule has 1 aromatic heterocycles. The van der Waals surface area contributed by atoms with E-state index in [0.717, 1.165) is 0 Å². The van der Waals surface area contributed by atoms with Crippen LogP contribution in [0.25, 0.3) is 0 Å². The Kier molecular flexibility index (Phi) is 7.04. The van der Waals surface area contributed by atoms with Crippen molar-refractivity contribution < 1.29 is 33.6 Å². The summed E-state index contributed by atoms with van der Waals surface area (Å²) < 4.78 is 22.9. The quantitative estimate of drug-likeness (QED) is 0.488. The number of nitrogens with zero attached hydrogens (tertiary/aromatic N) is 3. The first-order valence-electron chi connectivity index (χ1n) is 7.73. The summed E-state index contributed by atoms with van der Waals surface area (Å²) >= 11 is 0. The minimum Gasteiger partial charge on any atom is -0.463 e. The third-order valence-corrected chi connectivity index (χ3v) is 3.24. The second-order valence-electron chi connectivity index (χ2n) is 5.31. The summed E-state index contributed by atoms with van der Waals surface area (Å²) in [6.45, 7) is 3.04. The van der Waals surface area contributed by atoms with Gasteiger partial charge in [0.15, 0.2) is 6.29 Å². The van der Waals surface area contributed by atoms with E-state index in [1.807, 2.05) is 0 Å². The van der Waals surface area contributed by atoms with Crippen molar-refractivity contribution in [2.45, 2.75) is 45.5 Å². The maximum Gasteiger partial charge on any atom is 0.303 e. The minimum absolute atomic E-state index is 0.0551. The summed E-state index contributed by atoms with van der Waals surface area (Å²) in [5, 5.41) is 16.5. The molecule has 0 aromatic carbocycles. The van der Waals surface area contributed by atoms with Crippen LogP contribution in [0, 0.1) is 0 Å². The number of ether oxygens (including phenoxy) is 4. The molecule has 0 fully saturated rings. The van der Waals surface area contributed by atoms with E-state index in [1.54, 1.807) is 18.3 Å². The van der Waals surface area contributed by atoms with Gasteiger partial charge in [-0.05, 0) is 12.2 Å². The molecular formula is C15H21N3O7. The molecule has 25 heavy (non-hydrogen) atoms. The fraction of sp³-hybridized carbons (Fsp3) is 0.600. The number of esters is 2. The lowest BCUT2D eigenvalue weighted by Gasteiger charge is -2.31. The number of carbonyl (C=O) groups excluding carboxylic acids is 2. The van der Waals surface area contributed by atoms with Gasteiger partial charge in [0.25, 0.3) is 0 Å². The van der Waals surface area contributed by atoms with Crippen LogP contribution in [-0.4, -0.2) is 63.8 Å². The van der Waals surface area contributed by atoms with Gasteiger partial charge in [-0.3, -0.25) is 9.59 Å². The smallest absolute Gasteiger partial charge is 0.303 e. The highest BCUT2D eigenvalue weighted by Crippen LogP contribution is 2.18. The van der Waals surface area contributed by atoms with Gasteiger partial charge >= 0.3 is 11.9 Å². The van der Waals surface area contributed by atoms with Crippen LogP contribution < -0.4 is 0 Å². The Bertz CT molecular complexity index is 616. The zero-order valence-electron chi connectivity index (χ0n) is 14.0. The maximum absolute atomic E-state index is 11.1. The number of aliphatic hydroxyl groups is 1. The summed E-state index contributed by atoms with van der Waals surface area (Å²) in [5.74, 6) is -0.917. The molecule has 0 aliphatic carbocycles. The highest BCUT2D eigenvalue weighted by Gasteiger charge is 2.30. The SMILES string of the molecule is CC(=O)OC[C@H]1O[C@H](OCCn2cc(CO)nn2)C=C[C@@H]1OC(C)=O. The van der Waals surface area contributed by atoms with Crippen molar-refractivity contribution in [1.82, 2.24) is 15.0 Å². The Morgan fingerprint density at radius 3 is 2.76 bits per heavy atom. The van der Waals surface area contributed by atoms with Crippen LogP contribution in [0.5, 0.6) is 0 Å². The molecule has 2 rings (SSSR count). The van der Waals surface area contributed by atoms with E-state index in [4.69, 9.17) is 24.1 Å². The fourth-order valence-corrected chi connectivity index (χ4v) is 2.14. The molecule has 1 aromatic rings. The van der Waals surface area contributed by atoms with Crippen LogP contribution in [-0.2, 0) is 41.7 Å². The van der Waals surface area contributed by atoms with Crippen LogP contribution >= 0.6 is 0 Å². The zero-order valence-corrected chi connectivity index (χ0v) is 14.0. The number of aromatic nitrogens is 3. The predicted octanol–water partition coefficient (Wildman–Crippen LogP) is -0.437. The van der Waals surface area contributed by atoms with Crippen molar-refractivity contribution in [2.24, 2.45) is 0 Å². The van der Waals surface area contributed by atoms with E-state index in [1.165, 1.54) is 18.5 Å². The largest absolute Gasteiger partial charge is 0.463 e. The number of carbonyl (C=O) groups is 2. The van der Waals surface area contributed by atoms with E-state index in [9.17, 15) is 9.59 Å². The van der Waals surface area contributed by atoms with Gasteiger partial charge in [0.05, 0.1) is 26.0 Å². The Balaban J connectivity index is 1.85. The van der Waals surface area contributed by atoms with E-state index >= 15 is 0 Å². The van der Waals surface area contributed by atoms with E-state index in [2.05, 4.69) is 10.3 Å². The molecule has 0 amide bonds. The number of hydrogen-bond acceptors (Lipinski definition) is 9. The summed E-state index contributed by atoms with van der Waals surface area (Å²) in [7, 11) is 0. The van der Waals surface area contributed by atoms with Gasteiger partial charge in [0, 0.05) is 13.8 Å². The molecule has 3 atom stereocenters. The lowest BCUT2D eigenvalue weighted by atomic mass is 10.1. The summed E-state index contributed by atoms with van der Waals surface area (Å²) in [6, 6.07) is 0. The average molecular weight is 355 g/mol. The second-order valence-corrected chi connectivity index (χ2v) is 5.31. The molecule has 0 saturated carbocycles. The lowest BCUT2D eigenvalue weighted by Crippen LogP contribution is -2.42. The Morgan fingerprint density at radius 1 is 1.32 bits per heavy atom. The van der Waals surface area contributed by atoms with Crippen molar-refractivity contribution in [2.75, 3.05) is 13.2 Å². The van der Waals surface area contributed by atoms with Gasteiger partial charge in [-0.15, -0.1) is 5.10 Å². The number of aliphatic hydroxyl groups excluding tert-OH is 1. The van der Waals surface area contributed by atoms with Gasteiger partial charge in [0.2, 0.25) is 0 Å². The first kappa shape index (κ1) is 19.0. The van der Waals surface area contributed by atoms with Crippen LogP contribution in [0.15, 0.2) is 18.3 Å². The molecule has 0 radical (unpaired) electrons. The third kappa shape index (κ3) is 6.25. The van der Waals surface area contributed by atoms with Crippen molar-refractivity contribution in [1.29, 1.82) is 0 Å². The molecule has 10 heteroatoms. The Hall–Kier alpha value is -2.30. The van der Waals surface area contributed by atoms with E-state index in [-0.39, 0.29) is 19.8 Å². The van der Waals surface area contributed by atoms with Crippen molar-refractivity contribution in [3.8, 4) is 0 Å². The molecule has 2 heterocycles. The zero-order chi connectivity index (χ0) is 18.2. The fourth-order valence-electron chi connectivity index (χ4n) is 2.14. The molecule has 0 unspecified atom stereocenters. The molecular weight excluding hydrogens is 334 g/mol. The molecule has 0 saturated heterocycles. The van der Waals surface area contributed by atoms with Crippen molar-refractivity contribution >= 4 is 11.9 Å². The maximum atomic E-state index is 11.1. The Morgan fingerprint density at radius 2 is 2.12 bits per heavy atom. The standard InChI is InChI=1S/C15H21N3O7/c1-10(20)23-9-14-13(24-11(2)21)3-4-15(25-14)22-6-5-18-7-12(8-19)16-17-18/h3-4,7,13-15,19H,5-6,8-9H2,1-2H3/t13-,14+,15-/m0/s1. The summed E-state index contributed by atoms with van der Waals surface area (Å²) in [5.41, 5.74) is 0.472. The molecule has 1 N–H and O–H groups in total. The first-order chi connectivity index (χ1) is 12.0. The predicted molar refractivity (Wildman–Crippen MR) is 81.9 cm³/mol. The van der Waals surface area contributed by atoms with Crippen LogP contribution in [0.4, 0.5) is 0 Å². The molecule has 10 nitrogen and oxygen atoms in total. The van der Waals surface area contributed by atoms with Gasteiger partial charge in [-0.1, -0.05) is 5.21 Å². The highest BCUT2D eigenvalue weighted by molar-refractivity contribution is 5.66. The topological polar surface area (TPSA) is 122 Å². The minimum atomic E-state index is -0.673. The first-order valence-corrected chi connectivity index (χ1v) is 7.73. The average Bonchev–Trinajstić information content (AvgIpc) is 3.02. The van der Waals surface area contributed by atoms with Gasteiger partial charge in [-0.2, -0.15) is 0 Å². The number of rotatable bonds is 8. The highest BCUT2D eigenvalue weighted by atomic mass is 16.7. The van der Waals surface area contributed by atoms with Crippen LogP contribution in [0.1, 0.15) is 19.5 Å². The summed E-state index contributed by atoms with van der Waals surface area (Å²) in [6.07, 6.45) is 2.89. The molecule has 0 bridgehead atoms. The van der Waals surface area contributed by atoms with Crippen LogP contribution in [0.2, 0.25) is 0 Å². The Labute approximate surface area is 144 Å². The normalized spacial score (nSPS) is 22.6. The van der Waals surface area contributed by atoms with E-state index in [0.29, 0.717) is 12.2 Å². The second kappa shape index (κ2) is 9.25. The van der Waals surface area contributed by atoms with Gasteiger partial charge in [-0.25, -0.2) is 4.68 Å². The molecule has 0 spiro atoms. The molecule has 138 valence electrons. The van der Waals surface area contributed by atoms with Crippen molar-refractivity contribution in [3.63, 3.8) is 0 Å².